The van der Waals surface area contributed by atoms with Crippen LogP contribution in [-0.2, 0) is 0 Å². The van der Waals surface area contributed by atoms with Gasteiger partial charge in [-0.2, -0.15) is 0 Å². The Kier molecular flexibility index (Phi) is 6.07. The van der Waals surface area contributed by atoms with Gasteiger partial charge in [0.2, 0.25) is 0 Å². The van der Waals surface area contributed by atoms with Gasteiger partial charge < -0.3 is 10.6 Å². The van der Waals surface area contributed by atoms with Gasteiger partial charge in [0.15, 0.2) is 0 Å². The van der Waals surface area contributed by atoms with Gasteiger partial charge in [-0.3, -0.25) is 0 Å². The van der Waals surface area contributed by atoms with Crippen LogP contribution in [0.4, 0.5) is 5.69 Å². The SMILES string of the molecule is Cc1cccc(N(C)C(CN)(CC(C)C)CC(C)C)c1. The van der Waals surface area contributed by atoms with Crippen LogP contribution in [0, 0.1) is 18.8 Å². The van der Waals surface area contributed by atoms with Crippen molar-refractivity contribution in [3.63, 3.8) is 0 Å². The van der Waals surface area contributed by atoms with E-state index in [2.05, 4.69) is 70.8 Å². The molecule has 0 unspecified atom stereocenters. The predicted octanol–water partition coefficient (Wildman–Crippen LogP) is 4.22. The van der Waals surface area contributed by atoms with Crippen LogP contribution in [0.1, 0.15) is 46.1 Å². The van der Waals surface area contributed by atoms with Crippen molar-refractivity contribution >= 4 is 5.69 Å². The molecule has 0 fully saturated rings. The summed E-state index contributed by atoms with van der Waals surface area (Å²) in [5, 5.41) is 0. The smallest absolute Gasteiger partial charge is 0.0525 e. The molecule has 0 aliphatic rings. The van der Waals surface area contributed by atoms with E-state index in [-0.39, 0.29) is 5.54 Å². The molecule has 0 radical (unpaired) electrons. The van der Waals surface area contributed by atoms with Crippen LogP contribution in [0.5, 0.6) is 0 Å². The van der Waals surface area contributed by atoms with Crippen LogP contribution in [0.3, 0.4) is 0 Å². The third-order valence-corrected chi connectivity index (χ3v) is 4.06. The fraction of sp³-hybridized carbons (Fsp3) is 0.667. The van der Waals surface area contributed by atoms with E-state index in [1.807, 2.05) is 0 Å². The molecule has 0 aliphatic heterocycles. The lowest BCUT2D eigenvalue weighted by atomic mass is 9.80. The molecule has 0 aromatic heterocycles. The molecule has 0 aliphatic carbocycles. The highest BCUT2D eigenvalue weighted by Gasteiger charge is 2.34. The van der Waals surface area contributed by atoms with Crippen molar-refractivity contribution in [1.82, 2.24) is 0 Å². The summed E-state index contributed by atoms with van der Waals surface area (Å²) in [6.45, 7) is 12.0. The molecule has 0 amide bonds. The molecule has 0 saturated carbocycles. The van der Waals surface area contributed by atoms with Gasteiger partial charge in [0.05, 0.1) is 5.54 Å². The molecule has 1 rings (SSSR count). The van der Waals surface area contributed by atoms with Crippen molar-refractivity contribution in [2.24, 2.45) is 17.6 Å². The normalized spacial score (nSPS) is 12.2. The van der Waals surface area contributed by atoms with Gasteiger partial charge in [0, 0.05) is 19.3 Å². The molecule has 1 aromatic rings. The number of rotatable bonds is 7. The molecule has 20 heavy (non-hydrogen) atoms. The monoisotopic (exact) mass is 276 g/mol. The van der Waals surface area contributed by atoms with Gasteiger partial charge in [-0.1, -0.05) is 39.8 Å². The summed E-state index contributed by atoms with van der Waals surface area (Å²) in [4.78, 5) is 2.42. The first kappa shape index (κ1) is 17.0. The lowest BCUT2D eigenvalue weighted by Gasteiger charge is -2.45. The fourth-order valence-corrected chi connectivity index (χ4v) is 3.29. The van der Waals surface area contributed by atoms with Crippen LogP contribution in [0.2, 0.25) is 0 Å². The molecule has 114 valence electrons. The lowest BCUT2D eigenvalue weighted by Crippen LogP contribution is -2.54. The largest absolute Gasteiger partial charge is 0.368 e. The third-order valence-electron chi connectivity index (χ3n) is 4.06. The van der Waals surface area contributed by atoms with E-state index in [1.54, 1.807) is 0 Å². The molecule has 2 heteroatoms. The van der Waals surface area contributed by atoms with E-state index in [0.717, 1.165) is 12.8 Å². The number of nitrogens with zero attached hydrogens (tertiary/aromatic N) is 1. The van der Waals surface area contributed by atoms with Crippen molar-refractivity contribution < 1.29 is 0 Å². The molecule has 0 saturated heterocycles. The van der Waals surface area contributed by atoms with Gasteiger partial charge in [-0.25, -0.2) is 0 Å². The van der Waals surface area contributed by atoms with Crippen LogP contribution >= 0.6 is 0 Å². The van der Waals surface area contributed by atoms with Crippen LogP contribution < -0.4 is 10.6 Å². The van der Waals surface area contributed by atoms with Crippen LogP contribution in [0.25, 0.3) is 0 Å². The van der Waals surface area contributed by atoms with E-state index in [4.69, 9.17) is 5.73 Å². The van der Waals surface area contributed by atoms with Crippen molar-refractivity contribution in [2.45, 2.75) is 53.0 Å². The topological polar surface area (TPSA) is 29.3 Å². The zero-order chi connectivity index (χ0) is 15.3. The molecular weight excluding hydrogens is 244 g/mol. The van der Waals surface area contributed by atoms with Crippen molar-refractivity contribution in [3.8, 4) is 0 Å². The minimum Gasteiger partial charge on any atom is -0.368 e. The van der Waals surface area contributed by atoms with Gasteiger partial charge in [0.1, 0.15) is 0 Å². The molecule has 0 heterocycles. The Morgan fingerprint density at radius 3 is 2.05 bits per heavy atom. The lowest BCUT2D eigenvalue weighted by molar-refractivity contribution is 0.280. The average Bonchev–Trinajstić information content (AvgIpc) is 2.35. The Balaban J connectivity index is 3.13. The molecule has 2 nitrogen and oxygen atoms in total. The van der Waals surface area contributed by atoms with Crippen molar-refractivity contribution in [1.29, 1.82) is 0 Å². The number of hydrogen-bond donors (Lipinski definition) is 1. The predicted molar refractivity (Wildman–Crippen MR) is 90.3 cm³/mol. The second kappa shape index (κ2) is 7.12. The van der Waals surface area contributed by atoms with E-state index in [9.17, 15) is 0 Å². The van der Waals surface area contributed by atoms with E-state index in [0.29, 0.717) is 18.4 Å². The second-order valence-corrected chi connectivity index (χ2v) is 7.02. The highest BCUT2D eigenvalue weighted by atomic mass is 15.2. The van der Waals surface area contributed by atoms with E-state index >= 15 is 0 Å². The first-order valence-corrected chi connectivity index (χ1v) is 7.81. The Morgan fingerprint density at radius 1 is 1.10 bits per heavy atom. The number of nitrogens with two attached hydrogens (primary N) is 1. The highest BCUT2D eigenvalue weighted by molar-refractivity contribution is 5.50. The maximum Gasteiger partial charge on any atom is 0.0525 e. The third kappa shape index (κ3) is 4.24. The summed E-state index contributed by atoms with van der Waals surface area (Å²) in [7, 11) is 2.20. The van der Waals surface area contributed by atoms with E-state index in [1.165, 1.54) is 11.3 Å². The standard InChI is InChI=1S/C18H32N2/c1-14(2)11-18(13-19,12-15(3)4)20(6)17-9-7-8-16(5)10-17/h7-10,14-15H,11-13,19H2,1-6H3. The zero-order valence-electron chi connectivity index (χ0n) is 14.1. The average molecular weight is 276 g/mol. The maximum absolute atomic E-state index is 6.24. The van der Waals surface area contributed by atoms with Gasteiger partial charge >= 0.3 is 0 Å². The van der Waals surface area contributed by atoms with Gasteiger partial charge in [0.25, 0.3) is 0 Å². The summed E-state index contributed by atoms with van der Waals surface area (Å²) < 4.78 is 0. The van der Waals surface area contributed by atoms with Gasteiger partial charge in [-0.15, -0.1) is 0 Å². The molecule has 1 aromatic carbocycles. The summed E-state index contributed by atoms with van der Waals surface area (Å²) in [6, 6.07) is 8.72. The zero-order valence-corrected chi connectivity index (χ0v) is 14.1. The van der Waals surface area contributed by atoms with Crippen LogP contribution in [0.15, 0.2) is 24.3 Å². The minimum absolute atomic E-state index is 0.0517. The Labute approximate surface area is 125 Å². The molecule has 2 N–H and O–H groups in total. The number of hydrogen-bond acceptors (Lipinski definition) is 2. The quantitative estimate of drug-likeness (QED) is 0.808. The fourth-order valence-electron chi connectivity index (χ4n) is 3.29. The first-order chi connectivity index (χ1) is 9.30. The Morgan fingerprint density at radius 2 is 1.65 bits per heavy atom. The Bertz CT molecular complexity index is 400. The maximum atomic E-state index is 6.24. The number of likely N-dealkylation sites (N-methyl/N-ethyl adjacent to an activating group) is 1. The summed E-state index contributed by atoms with van der Waals surface area (Å²) in [6.07, 6.45) is 2.26. The van der Waals surface area contributed by atoms with Gasteiger partial charge in [-0.05, 0) is 49.3 Å². The van der Waals surface area contributed by atoms with E-state index < -0.39 is 0 Å². The highest BCUT2D eigenvalue weighted by Crippen LogP contribution is 2.33. The second-order valence-electron chi connectivity index (χ2n) is 7.02. The molecular formula is C18H32N2. The summed E-state index contributed by atoms with van der Waals surface area (Å²) >= 11 is 0. The number of anilines is 1. The molecule has 0 atom stereocenters. The van der Waals surface area contributed by atoms with Crippen molar-refractivity contribution in [3.05, 3.63) is 29.8 Å². The number of benzene rings is 1. The minimum atomic E-state index is 0.0517. The van der Waals surface area contributed by atoms with Crippen molar-refractivity contribution in [2.75, 3.05) is 18.5 Å². The molecule has 0 bridgehead atoms. The Hall–Kier alpha value is -1.02. The molecule has 0 spiro atoms. The summed E-state index contributed by atoms with van der Waals surface area (Å²) in [5.74, 6) is 1.29. The first-order valence-electron chi connectivity index (χ1n) is 7.81. The van der Waals surface area contributed by atoms with Crippen LogP contribution in [-0.4, -0.2) is 19.1 Å². The summed E-state index contributed by atoms with van der Waals surface area (Å²) in [5.41, 5.74) is 8.87. The number of aryl methyl sites for hydroxylation is 1.